The molecule has 1 unspecified atom stereocenters. The quantitative estimate of drug-likeness (QED) is 0.809. The van der Waals surface area contributed by atoms with Gasteiger partial charge in [0.1, 0.15) is 0 Å². The summed E-state index contributed by atoms with van der Waals surface area (Å²) in [5.41, 5.74) is 6.66. The molecule has 5 nitrogen and oxygen atoms in total. The van der Waals surface area contributed by atoms with Gasteiger partial charge < -0.3 is 11.1 Å². The van der Waals surface area contributed by atoms with Crippen LogP contribution in [0.25, 0.3) is 0 Å². The normalized spacial score (nSPS) is 11.9. The molecule has 1 atom stereocenters. The predicted molar refractivity (Wildman–Crippen MR) is 76.8 cm³/mol. The van der Waals surface area contributed by atoms with Gasteiger partial charge in [0.05, 0.1) is 22.8 Å². The second-order valence-electron chi connectivity index (χ2n) is 4.29. The number of nitrogens with two attached hydrogens (primary N) is 1. The number of nitrogens with zero attached hydrogens (tertiary/aromatic N) is 2. The highest BCUT2D eigenvalue weighted by Gasteiger charge is 2.18. The van der Waals surface area contributed by atoms with Gasteiger partial charge in [-0.25, -0.2) is 0 Å². The smallest absolute Gasteiger partial charge is 0.241 e. The Morgan fingerprint density at radius 1 is 1.63 bits per heavy atom. The topological polar surface area (TPSA) is 82.2 Å². The summed E-state index contributed by atoms with van der Waals surface area (Å²) in [7, 11) is 1.80. The first-order chi connectivity index (χ1) is 8.95. The Morgan fingerprint density at radius 2 is 2.32 bits per heavy atom. The van der Waals surface area contributed by atoms with Gasteiger partial charge in [0, 0.05) is 18.7 Å². The molecular formula is C13H17ClN4O. The van der Waals surface area contributed by atoms with Crippen LogP contribution in [0.5, 0.6) is 0 Å². The fraction of sp³-hybridized carbons (Fsp3) is 0.385. The molecule has 0 aliphatic carbocycles. The summed E-state index contributed by atoms with van der Waals surface area (Å²) in [4.78, 5) is 13.8. The molecule has 102 valence electrons. The third kappa shape index (κ3) is 4.43. The van der Waals surface area contributed by atoms with Gasteiger partial charge in [-0.1, -0.05) is 11.6 Å². The number of carbonyl (C=O) groups is 1. The van der Waals surface area contributed by atoms with Gasteiger partial charge in [0.2, 0.25) is 5.91 Å². The number of amides is 1. The molecule has 1 aromatic rings. The van der Waals surface area contributed by atoms with Crippen LogP contribution in [0, 0.1) is 11.3 Å². The van der Waals surface area contributed by atoms with Crippen molar-refractivity contribution in [2.75, 3.05) is 24.6 Å². The van der Waals surface area contributed by atoms with Crippen molar-refractivity contribution in [2.24, 2.45) is 0 Å². The molecule has 0 aliphatic rings. The Labute approximate surface area is 117 Å². The zero-order valence-electron chi connectivity index (χ0n) is 11.0. The Hall–Kier alpha value is -1.77. The van der Waals surface area contributed by atoms with E-state index in [4.69, 9.17) is 22.6 Å². The largest absolute Gasteiger partial charge is 0.399 e. The first-order valence-electron chi connectivity index (χ1n) is 5.88. The molecule has 1 amide bonds. The Balaban J connectivity index is 2.66. The van der Waals surface area contributed by atoms with Crippen LogP contribution in [0.15, 0.2) is 18.2 Å². The van der Waals surface area contributed by atoms with Crippen LogP contribution >= 0.6 is 11.6 Å². The summed E-state index contributed by atoms with van der Waals surface area (Å²) < 4.78 is 0. The molecular weight excluding hydrogens is 264 g/mol. The molecule has 0 aromatic heterocycles. The summed E-state index contributed by atoms with van der Waals surface area (Å²) >= 11 is 5.99. The lowest BCUT2D eigenvalue weighted by molar-refractivity contribution is -0.120. The number of hydrogen-bond donors (Lipinski definition) is 2. The van der Waals surface area contributed by atoms with Crippen LogP contribution in [0.4, 0.5) is 11.4 Å². The molecule has 1 rings (SSSR count). The second kappa shape index (κ2) is 6.98. The maximum Gasteiger partial charge on any atom is 0.241 e. The summed E-state index contributed by atoms with van der Waals surface area (Å²) in [5, 5.41) is 11.7. The molecule has 0 heterocycles. The van der Waals surface area contributed by atoms with Gasteiger partial charge in [-0.05, 0) is 32.2 Å². The molecule has 0 aliphatic heterocycles. The SMILES string of the molecule is CC(C(=O)Nc1ccc(N)cc1Cl)N(C)CCC#N. The van der Waals surface area contributed by atoms with Gasteiger partial charge in [-0.15, -0.1) is 0 Å². The Morgan fingerprint density at radius 3 is 2.89 bits per heavy atom. The van der Waals surface area contributed by atoms with Gasteiger partial charge >= 0.3 is 0 Å². The number of hydrogen-bond acceptors (Lipinski definition) is 4. The Kier molecular flexibility index (Phi) is 5.61. The van der Waals surface area contributed by atoms with Crippen LogP contribution in [0.3, 0.4) is 0 Å². The van der Waals surface area contributed by atoms with E-state index in [0.29, 0.717) is 29.4 Å². The summed E-state index contributed by atoms with van der Waals surface area (Å²) in [6, 6.07) is 6.62. The summed E-state index contributed by atoms with van der Waals surface area (Å²) in [6.45, 7) is 2.32. The highest BCUT2D eigenvalue weighted by atomic mass is 35.5. The standard InChI is InChI=1S/C13H17ClN4O/c1-9(18(2)7-3-6-15)13(19)17-12-5-4-10(16)8-11(12)14/h4-5,8-9H,3,7,16H2,1-2H3,(H,17,19). The van der Waals surface area contributed by atoms with Gasteiger partial charge in [-0.3, -0.25) is 9.69 Å². The Bertz CT molecular complexity index is 498. The summed E-state index contributed by atoms with van der Waals surface area (Å²) in [5.74, 6) is -0.174. The van der Waals surface area contributed by atoms with Crippen molar-refractivity contribution in [3.8, 4) is 6.07 Å². The van der Waals surface area contributed by atoms with Gasteiger partial charge in [0.15, 0.2) is 0 Å². The monoisotopic (exact) mass is 280 g/mol. The van der Waals surface area contributed by atoms with Crippen LogP contribution in [0.2, 0.25) is 5.02 Å². The van der Waals surface area contributed by atoms with E-state index < -0.39 is 0 Å². The molecule has 0 radical (unpaired) electrons. The highest BCUT2D eigenvalue weighted by molar-refractivity contribution is 6.34. The minimum absolute atomic E-state index is 0.174. The molecule has 6 heteroatoms. The van der Waals surface area contributed by atoms with Crippen molar-refractivity contribution in [1.82, 2.24) is 4.90 Å². The van der Waals surface area contributed by atoms with Crippen molar-refractivity contribution in [3.05, 3.63) is 23.2 Å². The number of anilines is 2. The van der Waals surface area contributed by atoms with Crippen LogP contribution in [0.1, 0.15) is 13.3 Å². The predicted octanol–water partition coefficient (Wildman–Crippen LogP) is 2.09. The minimum Gasteiger partial charge on any atom is -0.399 e. The van der Waals surface area contributed by atoms with Gasteiger partial charge in [0.25, 0.3) is 0 Å². The molecule has 0 saturated carbocycles. The summed E-state index contributed by atoms with van der Waals surface area (Å²) in [6.07, 6.45) is 0.386. The number of rotatable bonds is 5. The van der Waals surface area contributed by atoms with Gasteiger partial charge in [-0.2, -0.15) is 5.26 Å². The van der Waals surface area contributed by atoms with E-state index in [1.807, 2.05) is 11.0 Å². The average molecular weight is 281 g/mol. The molecule has 3 N–H and O–H groups in total. The van der Waals surface area contributed by atoms with E-state index in [-0.39, 0.29) is 11.9 Å². The second-order valence-corrected chi connectivity index (χ2v) is 4.70. The number of nitrogen functional groups attached to an aromatic ring is 1. The zero-order chi connectivity index (χ0) is 14.4. The average Bonchev–Trinajstić information content (AvgIpc) is 2.38. The van der Waals surface area contributed by atoms with Crippen molar-refractivity contribution < 1.29 is 4.79 Å². The van der Waals surface area contributed by atoms with Crippen molar-refractivity contribution >= 4 is 28.9 Å². The van der Waals surface area contributed by atoms with Crippen molar-refractivity contribution in [3.63, 3.8) is 0 Å². The number of nitrogens with one attached hydrogen (secondary N) is 1. The third-order valence-electron chi connectivity index (χ3n) is 2.87. The maximum atomic E-state index is 12.0. The van der Waals surface area contributed by atoms with E-state index in [0.717, 1.165) is 0 Å². The third-order valence-corrected chi connectivity index (χ3v) is 3.18. The number of halogens is 1. The lowest BCUT2D eigenvalue weighted by Gasteiger charge is -2.23. The van der Waals surface area contributed by atoms with Crippen molar-refractivity contribution in [1.29, 1.82) is 5.26 Å². The fourth-order valence-corrected chi connectivity index (χ4v) is 1.73. The van der Waals surface area contributed by atoms with Crippen LogP contribution < -0.4 is 11.1 Å². The lowest BCUT2D eigenvalue weighted by atomic mass is 10.2. The number of nitriles is 1. The van der Waals surface area contributed by atoms with E-state index in [2.05, 4.69) is 5.32 Å². The molecule has 19 heavy (non-hydrogen) atoms. The van der Waals surface area contributed by atoms with E-state index in [1.165, 1.54) is 0 Å². The first kappa shape index (κ1) is 15.3. The first-order valence-corrected chi connectivity index (χ1v) is 6.26. The molecule has 0 saturated heterocycles. The molecule has 0 bridgehead atoms. The van der Waals surface area contributed by atoms with Crippen LogP contribution in [-0.2, 0) is 4.79 Å². The maximum absolute atomic E-state index is 12.0. The number of likely N-dealkylation sites (N-methyl/N-ethyl adjacent to an activating group) is 1. The number of benzene rings is 1. The van der Waals surface area contributed by atoms with E-state index in [1.54, 1.807) is 32.2 Å². The molecule has 0 spiro atoms. The van der Waals surface area contributed by atoms with Crippen molar-refractivity contribution in [2.45, 2.75) is 19.4 Å². The fourth-order valence-electron chi connectivity index (χ4n) is 1.49. The lowest BCUT2D eigenvalue weighted by Crippen LogP contribution is -2.40. The molecule has 1 aromatic carbocycles. The van der Waals surface area contributed by atoms with E-state index in [9.17, 15) is 4.79 Å². The van der Waals surface area contributed by atoms with Crippen LogP contribution in [-0.4, -0.2) is 30.4 Å². The molecule has 0 fully saturated rings. The number of carbonyl (C=O) groups excluding carboxylic acids is 1. The van der Waals surface area contributed by atoms with E-state index >= 15 is 0 Å². The highest BCUT2D eigenvalue weighted by Crippen LogP contribution is 2.24. The minimum atomic E-state index is -0.345. The zero-order valence-corrected chi connectivity index (χ0v) is 11.7.